The SMILES string of the molecule is Cc1[nH]c2ccccc2c1C1C(CCNS(=O)(=O)c2cccs2)C1(C)C. The fraction of sp³-hybridized carbons (Fsp3) is 0.400. The number of para-hydroxylation sites is 1. The Labute approximate surface area is 158 Å². The second-order valence-electron chi connectivity index (χ2n) is 7.73. The van der Waals surface area contributed by atoms with Crippen LogP contribution < -0.4 is 4.72 Å². The number of rotatable bonds is 6. The number of fused-ring (bicyclic) bond motifs is 1. The monoisotopic (exact) mass is 388 g/mol. The molecule has 1 aliphatic rings. The smallest absolute Gasteiger partial charge is 0.250 e. The second kappa shape index (κ2) is 6.22. The molecule has 2 heterocycles. The summed E-state index contributed by atoms with van der Waals surface area (Å²) in [6.45, 7) is 7.20. The van der Waals surface area contributed by atoms with Crippen molar-refractivity contribution in [1.82, 2.24) is 9.71 Å². The molecule has 4 rings (SSSR count). The average Bonchev–Trinajstić information content (AvgIpc) is 3.01. The molecular weight excluding hydrogens is 364 g/mol. The molecule has 138 valence electrons. The minimum absolute atomic E-state index is 0.185. The molecule has 0 saturated heterocycles. The Morgan fingerprint density at radius 3 is 2.69 bits per heavy atom. The standard InChI is InChI=1S/C20H24N2O2S2/c1-13-18(14-7-4-5-8-16(14)22-13)19-15(20(19,2)3)10-11-21-26(23,24)17-9-6-12-25-17/h4-9,12,15,19,21-22H,10-11H2,1-3H3. The Bertz CT molecular complexity index is 1030. The summed E-state index contributed by atoms with van der Waals surface area (Å²) in [7, 11) is -3.37. The molecule has 1 aromatic carbocycles. The van der Waals surface area contributed by atoms with Crippen LogP contribution in [-0.2, 0) is 10.0 Å². The quantitative estimate of drug-likeness (QED) is 0.646. The number of benzene rings is 1. The van der Waals surface area contributed by atoms with Gasteiger partial charge in [0.1, 0.15) is 4.21 Å². The van der Waals surface area contributed by atoms with Crippen LogP contribution >= 0.6 is 11.3 Å². The van der Waals surface area contributed by atoms with E-state index in [9.17, 15) is 8.42 Å². The van der Waals surface area contributed by atoms with Crippen LogP contribution in [0.15, 0.2) is 46.0 Å². The summed E-state index contributed by atoms with van der Waals surface area (Å²) >= 11 is 1.25. The summed E-state index contributed by atoms with van der Waals surface area (Å²) in [5, 5.41) is 3.08. The normalized spacial score (nSPS) is 22.0. The van der Waals surface area contributed by atoms with E-state index in [1.165, 1.54) is 33.5 Å². The van der Waals surface area contributed by atoms with Gasteiger partial charge in [-0.15, -0.1) is 11.3 Å². The van der Waals surface area contributed by atoms with Gasteiger partial charge >= 0.3 is 0 Å². The maximum absolute atomic E-state index is 12.3. The van der Waals surface area contributed by atoms with Gasteiger partial charge < -0.3 is 4.98 Å². The molecule has 0 radical (unpaired) electrons. The van der Waals surface area contributed by atoms with Gasteiger partial charge in [-0.05, 0) is 53.7 Å². The van der Waals surface area contributed by atoms with Gasteiger partial charge in [0.15, 0.2) is 0 Å². The lowest BCUT2D eigenvalue weighted by molar-refractivity contribution is 0.522. The van der Waals surface area contributed by atoms with Crippen LogP contribution in [-0.4, -0.2) is 19.9 Å². The number of aromatic nitrogens is 1. The summed E-state index contributed by atoms with van der Waals surface area (Å²) in [5.41, 5.74) is 3.99. The van der Waals surface area contributed by atoms with Crippen molar-refractivity contribution < 1.29 is 8.42 Å². The minimum atomic E-state index is -3.37. The van der Waals surface area contributed by atoms with Gasteiger partial charge in [0.25, 0.3) is 0 Å². The summed E-state index contributed by atoms with van der Waals surface area (Å²) in [6, 6.07) is 11.8. The summed E-state index contributed by atoms with van der Waals surface area (Å²) < 4.78 is 27.7. The van der Waals surface area contributed by atoms with Crippen LogP contribution in [0, 0.1) is 18.3 Å². The molecule has 1 fully saturated rings. The number of hydrogen-bond acceptors (Lipinski definition) is 3. The van der Waals surface area contributed by atoms with Crippen molar-refractivity contribution in [2.24, 2.45) is 11.3 Å². The number of thiophene rings is 1. The number of aryl methyl sites for hydroxylation is 1. The molecule has 3 aromatic rings. The Morgan fingerprint density at radius 2 is 1.96 bits per heavy atom. The minimum Gasteiger partial charge on any atom is -0.358 e. The molecule has 1 aliphatic carbocycles. The molecule has 2 atom stereocenters. The fourth-order valence-corrected chi connectivity index (χ4v) is 6.48. The van der Waals surface area contributed by atoms with E-state index in [0.717, 1.165) is 6.42 Å². The van der Waals surface area contributed by atoms with Crippen molar-refractivity contribution in [3.63, 3.8) is 0 Å². The van der Waals surface area contributed by atoms with Crippen molar-refractivity contribution in [2.75, 3.05) is 6.54 Å². The van der Waals surface area contributed by atoms with Crippen molar-refractivity contribution in [3.8, 4) is 0 Å². The lowest BCUT2D eigenvalue weighted by Gasteiger charge is -2.05. The lowest BCUT2D eigenvalue weighted by atomic mass is 10.0. The topological polar surface area (TPSA) is 62.0 Å². The molecule has 6 heteroatoms. The van der Waals surface area contributed by atoms with E-state index in [0.29, 0.717) is 22.6 Å². The molecular formula is C20H24N2O2S2. The zero-order chi connectivity index (χ0) is 18.5. The number of nitrogens with one attached hydrogen (secondary N) is 2. The van der Waals surface area contributed by atoms with Gasteiger partial charge in [0, 0.05) is 23.1 Å². The maximum Gasteiger partial charge on any atom is 0.250 e. The Hall–Kier alpha value is -1.63. The average molecular weight is 389 g/mol. The Morgan fingerprint density at radius 1 is 1.19 bits per heavy atom. The first-order valence-corrected chi connectivity index (χ1v) is 11.3. The highest BCUT2D eigenvalue weighted by atomic mass is 32.2. The van der Waals surface area contributed by atoms with Crippen LogP contribution in [0.4, 0.5) is 0 Å². The third-order valence-electron chi connectivity index (χ3n) is 5.81. The predicted molar refractivity (Wildman–Crippen MR) is 107 cm³/mol. The van der Waals surface area contributed by atoms with E-state index in [1.54, 1.807) is 17.5 Å². The van der Waals surface area contributed by atoms with E-state index in [1.807, 2.05) is 0 Å². The van der Waals surface area contributed by atoms with Gasteiger partial charge in [-0.25, -0.2) is 13.1 Å². The number of hydrogen-bond donors (Lipinski definition) is 2. The van der Waals surface area contributed by atoms with Crippen LogP contribution in [0.5, 0.6) is 0 Å². The van der Waals surface area contributed by atoms with E-state index < -0.39 is 10.0 Å². The highest BCUT2D eigenvalue weighted by Crippen LogP contribution is 2.67. The summed E-state index contributed by atoms with van der Waals surface area (Å²) in [6.07, 6.45) is 0.848. The first kappa shape index (κ1) is 17.8. The first-order valence-electron chi connectivity index (χ1n) is 8.93. The first-order chi connectivity index (χ1) is 12.3. The molecule has 2 aromatic heterocycles. The molecule has 2 unspecified atom stereocenters. The van der Waals surface area contributed by atoms with Gasteiger partial charge in [0.05, 0.1) is 0 Å². The van der Waals surface area contributed by atoms with Gasteiger partial charge in [-0.3, -0.25) is 0 Å². The van der Waals surface area contributed by atoms with Crippen molar-refractivity contribution in [1.29, 1.82) is 0 Å². The zero-order valence-corrected chi connectivity index (χ0v) is 16.9. The molecule has 0 bridgehead atoms. The second-order valence-corrected chi connectivity index (χ2v) is 10.7. The molecule has 0 amide bonds. The molecule has 0 spiro atoms. The van der Waals surface area contributed by atoms with E-state index in [-0.39, 0.29) is 5.41 Å². The third kappa shape index (κ3) is 2.90. The van der Waals surface area contributed by atoms with Crippen molar-refractivity contribution >= 4 is 32.3 Å². The number of H-pyrrole nitrogens is 1. The van der Waals surface area contributed by atoms with Crippen LogP contribution in [0.1, 0.15) is 37.4 Å². The molecule has 1 saturated carbocycles. The van der Waals surface area contributed by atoms with Crippen LogP contribution in [0.25, 0.3) is 10.9 Å². The van der Waals surface area contributed by atoms with Gasteiger partial charge in [-0.2, -0.15) is 0 Å². The van der Waals surface area contributed by atoms with Gasteiger partial charge in [0.2, 0.25) is 10.0 Å². The summed E-state index contributed by atoms with van der Waals surface area (Å²) in [4.78, 5) is 3.50. The van der Waals surface area contributed by atoms with Crippen LogP contribution in [0.3, 0.4) is 0 Å². The van der Waals surface area contributed by atoms with E-state index >= 15 is 0 Å². The summed E-state index contributed by atoms with van der Waals surface area (Å²) in [5.74, 6) is 0.941. The maximum atomic E-state index is 12.3. The predicted octanol–water partition coefficient (Wildman–Crippen LogP) is 4.65. The molecule has 4 nitrogen and oxygen atoms in total. The Kier molecular flexibility index (Phi) is 4.25. The molecule has 2 N–H and O–H groups in total. The van der Waals surface area contributed by atoms with E-state index in [2.05, 4.69) is 54.7 Å². The Balaban J connectivity index is 1.49. The number of sulfonamides is 1. The fourth-order valence-electron chi connectivity index (χ4n) is 4.39. The lowest BCUT2D eigenvalue weighted by Crippen LogP contribution is -2.24. The van der Waals surface area contributed by atoms with Gasteiger partial charge in [-0.1, -0.05) is 38.1 Å². The zero-order valence-electron chi connectivity index (χ0n) is 15.2. The molecule has 26 heavy (non-hydrogen) atoms. The highest BCUT2D eigenvalue weighted by Gasteiger charge is 2.58. The molecule has 0 aliphatic heterocycles. The highest BCUT2D eigenvalue weighted by molar-refractivity contribution is 7.91. The van der Waals surface area contributed by atoms with Crippen molar-refractivity contribution in [3.05, 3.63) is 53.0 Å². The largest absolute Gasteiger partial charge is 0.358 e. The van der Waals surface area contributed by atoms with Crippen molar-refractivity contribution in [2.45, 2.75) is 37.3 Å². The van der Waals surface area contributed by atoms with E-state index in [4.69, 9.17) is 0 Å². The number of aromatic amines is 1. The van der Waals surface area contributed by atoms with Crippen LogP contribution in [0.2, 0.25) is 0 Å². The third-order valence-corrected chi connectivity index (χ3v) is 8.67.